The molecule has 346 valence electrons. The molecule has 0 radical (unpaired) electrons. The van der Waals surface area contributed by atoms with Crippen LogP contribution in [0.3, 0.4) is 0 Å². The van der Waals surface area contributed by atoms with Crippen LogP contribution in [0.25, 0.3) is 0 Å². The zero-order valence-electron chi connectivity index (χ0n) is 30.9. The highest BCUT2D eigenvalue weighted by molar-refractivity contribution is 7.81. The van der Waals surface area contributed by atoms with Crippen molar-refractivity contribution in [3.05, 3.63) is 0 Å². The van der Waals surface area contributed by atoms with Gasteiger partial charge in [0.05, 0.1) is 39.1 Å². The average molecular weight is 911 g/mol. The van der Waals surface area contributed by atoms with Gasteiger partial charge in [-0.25, -0.2) is 8.37 Å². The molecule has 0 aromatic rings. The molecule has 3 aliphatic heterocycles. The van der Waals surface area contributed by atoms with Gasteiger partial charge in [0.15, 0.2) is 18.9 Å². The van der Waals surface area contributed by atoms with E-state index >= 15 is 0 Å². The van der Waals surface area contributed by atoms with Gasteiger partial charge in [-0.3, -0.25) is 18.7 Å². The third kappa shape index (κ3) is 14.0. The second-order valence-corrected chi connectivity index (χ2v) is 15.6. The number of carbonyl (C=O) groups is 2. The highest BCUT2D eigenvalue weighted by atomic mass is 32.3. The fraction of sp³-hybridized carbons (Fsp3) is 0.929. The van der Waals surface area contributed by atoms with Gasteiger partial charge in [0, 0.05) is 13.8 Å². The molecule has 0 aliphatic carbocycles. The van der Waals surface area contributed by atoms with Crippen LogP contribution in [0.4, 0.5) is 0 Å². The van der Waals surface area contributed by atoms with Crippen LogP contribution < -0.4 is 10.6 Å². The minimum Gasteiger partial charge on any atom is -0.394 e. The Kier molecular flexibility index (Phi) is 19.0. The van der Waals surface area contributed by atoms with Crippen molar-refractivity contribution < 1.29 is 128 Å². The molecule has 15 N–H and O–H groups in total. The van der Waals surface area contributed by atoms with Crippen molar-refractivity contribution in [3.8, 4) is 0 Å². The van der Waals surface area contributed by atoms with Gasteiger partial charge in [-0.15, -0.1) is 0 Å². The number of hydrogen-bond acceptors (Lipinski definition) is 25. The molecule has 3 fully saturated rings. The molecule has 3 rings (SSSR count). The highest BCUT2D eigenvalue weighted by Crippen LogP contribution is 2.34. The van der Waals surface area contributed by atoms with Crippen molar-refractivity contribution in [1.29, 1.82) is 0 Å². The summed E-state index contributed by atoms with van der Waals surface area (Å²) in [6.07, 6.45) is -35.4. The normalized spacial score (nSPS) is 37.8. The van der Waals surface area contributed by atoms with Crippen LogP contribution in [0.15, 0.2) is 0 Å². The Morgan fingerprint density at radius 1 is 0.661 bits per heavy atom. The van der Waals surface area contributed by atoms with Gasteiger partial charge in [-0.05, 0) is 0 Å². The van der Waals surface area contributed by atoms with Crippen LogP contribution in [-0.4, -0.2) is 243 Å². The molecule has 59 heavy (non-hydrogen) atoms. The van der Waals surface area contributed by atoms with Gasteiger partial charge in [-0.2, -0.15) is 16.8 Å². The largest absolute Gasteiger partial charge is 0.397 e. The second kappa shape index (κ2) is 21.9. The van der Waals surface area contributed by atoms with E-state index in [2.05, 4.69) is 19.0 Å². The molecule has 0 saturated carbocycles. The van der Waals surface area contributed by atoms with Gasteiger partial charge in [0.2, 0.25) is 11.8 Å². The predicted octanol–water partition coefficient (Wildman–Crippen LogP) is -10.2. The molecule has 0 unspecified atom stereocenters. The van der Waals surface area contributed by atoms with Gasteiger partial charge < -0.3 is 95.2 Å². The summed E-state index contributed by atoms with van der Waals surface area (Å²) < 4.78 is 106. The molecular weight excluding hydrogens is 860 g/mol. The third-order valence-corrected chi connectivity index (χ3v) is 9.94. The molecule has 0 bridgehead atoms. The molecule has 0 aromatic carbocycles. The Hall–Kier alpha value is -2.00. The molecule has 2 amide bonds. The lowest BCUT2D eigenvalue weighted by Gasteiger charge is -2.49. The number of carbonyl (C=O) groups excluding carboxylic acids is 2. The van der Waals surface area contributed by atoms with Crippen LogP contribution in [0.1, 0.15) is 13.8 Å². The minimum absolute atomic E-state index is 0.832. The Bertz CT molecular complexity index is 1580. The van der Waals surface area contributed by atoms with Crippen molar-refractivity contribution in [3.63, 3.8) is 0 Å². The van der Waals surface area contributed by atoms with E-state index in [9.17, 15) is 87.1 Å². The van der Waals surface area contributed by atoms with Crippen LogP contribution in [0.2, 0.25) is 0 Å². The zero-order chi connectivity index (χ0) is 44.7. The molecule has 0 aromatic heterocycles. The smallest absolute Gasteiger partial charge is 0.394 e. The zero-order valence-corrected chi connectivity index (χ0v) is 32.5. The molecule has 3 saturated heterocycles. The van der Waals surface area contributed by atoms with Crippen molar-refractivity contribution in [1.82, 2.24) is 10.6 Å². The summed E-state index contributed by atoms with van der Waals surface area (Å²) in [7, 11) is -10.5. The lowest BCUT2D eigenvalue weighted by molar-refractivity contribution is -0.372. The average Bonchev–Trinajstić information content (AvgIpc) is 3.14. The predicted molar refractivity (Wildman–Crippen MR) is 180 cm³/mol. The Morgan fingerprint density at radius 3 is 1.73 bits per heavy atom. The Labute approximate surface area is 334 Å². The molecule has 31 heteroatoms. The summed E-state index contributed by atoms with van der Waals surface area (Å²) in [4.78, 5) is 24.0. The topological polar surface area (TPSA) is 463 Å². The number of nitrogens with one attached hydrogen (secondary N) is 2. The molecule has 3 aliphatic rings. The summed E-state index contributed by atoms with van der Waals surface area (Å²) in [5.41, 5.74) is 0. The fourth-order valence-electron chi connectivity index (χ4n) is 6.23. The maximum absolute atomic E-state index is 12.3. The fourth-order valence-corrected chi connectivity index (χ4v) is 6.85. The molecular formula is C28H50N2O27S2. The van der Waals surface area contributed by atoms with E-state index in [0.717, 1.165) is 13.8 Å². The number of aliphatic hydroxyl groups is 11. The quantitative estimate of drug-likeness (QED) is 0.0504. The SMILES string of the molecule is CC(=O)N[C@H]1[C@H](O[C@H]2[C@@H](O)[C@@H](CO)O[C@@H](O[C@@H]([C@H](O)[C@H](CO)NC(C)=O)[C@H](O)COS(=O)(=O)O)[C@@H]2O)O[C@H](COS(=O)(=O)O)[C@@H](O[C@@H]2O[C@H](CO)[C@H](O)[C@H](O)[C@H]2O)[C@@H]1O. The second-order valence-electron chi connectivity index (χ2n) is 13.4. The van der Waals surface area contributed by atoms with Crippen molar-refractivity contribution in [2.45, 2.75) is 130 Å². The van der Waals surface area contributed by atoms with Crippen molar-refractivity contribution in [2.24, 2.45) is 0 Å². The summed E-state index contributed by atoms with van der Waals surface area (Å²) in [5.74, 6) is -1.76. The lowest BCUT2D eigenvalue weighted by Crippen LogP contribution is -2.69. The number of rotatable bonds is 20. The van der Waals surface area contributed by atoms with Crippen LogP contribution in [-0.2, 0) is 67.2 Å². The number of hydrogen-bond donors (Lipinski definition) is 15. The first-order chi connectivity index (χ1) is 27.3. The first kappa shape index (κ1) is 51.4. The van der Waals surface area contributed by atoms with E-state index in [4.69, 9.17) is 33.0 Å². The van der Waals surface area contributed by atoms with E-state index in [1.54, 1.807) is 0 Å². The minimum atomic E-state index is -5.29. The van der Waals surface area contributed by atoms with Gasteiger partial charge in [0.25, 0.3) is 0 Å². The summed E-state index contributed by atoms with van der Waals surface area (Å²) in [6.45, 7) is -3.82. The maximum Gasteiger partial charge on any atom is 0.397 e. The van der Waals surface area contributed by atoms with E-state index in [1.165, 1.54) is 0 Å². The molecule has 0 spiro atoms. The Morgan fingerprint density at radius 2 is 1.20 bits per heavy atom. The summed E-state index contributed by atoms with van der Waals surface area (Å²) in [6, 6.07) is -3.57. The first-order valence-electron chi connectivity index (χ1n) is 17.3. The van der Waals surface area contributed by atoms with Gasteiger partial charge in [-0.1, -0.05) is 0 Å². The van der Waals surface area contributed by atoms with Crippen LogP contribution in [0, 0.1) is 0 Å². The summed E-state index contributed by atoms with van der Waals surface area (Å²) >= 11 is 0. The maximum atomic E-state index is 12.3. The highest BCUT2D eigenvalue weighted by Gasteiger charge is 2.55. The van der Waals surface area contributed by atoms with E-state index in [0.29, 0.717) is 0 Å². The standard InChI is InChI=1S/C28H50N2O27S2/c1-8(34)29-10(3-31)16(37)23(11(36)6-50-58(44,45)46)55-28-22(43)25(18(39)13(5-33)53-28)57-26-15(30-9(2)35)19(40)24(14(54-26)7-51-59(47,48)49)56-27-21(42)20(41)17(38)12(4-32)52-27/h10-28,31-33,36-43H,3-7H2,1-2H3,(H,29,34)(H,30,35)(H,44,45,46)(H,47,48,49)/t10-,11+,12+,13+,14+,15+,16+,17-,18-,19+,20-,21+,22+,23+,24+,25-,26-,27-,28-/m0/s1. The number of ether oxygens (including phenoxy) is 6. The lowest BCUT2D eigenvalue weighted by atomic mass is 9.94. The van der Waals surface area contributed by atoms with Crippen LogP contribution >= 0.6 is 0 Å². The van der Waals surface area contributed by atoms with E-state index < -0.39 is 182 Å². The van der Waals surface area contributed by atoms with Gasteiger partial charge >= 0.3 is 20.8 Å². The van der Waals surface area contributed by atoms with Crippen LogP contribution in [0.5, 0.6) is 0 Å². The molecule has 19 atom stereocenters. The van der Waals surface area contributed by atoms with Crippen molar-refractivity contribution in [2.75, 3.05) is 33.0 Å². The molecule has 3 heterocycles. The third-order valence-electron chi connectivity index (χ3n) is 9.07. The Balaban J connectivity index is 2.01. The monoisotopic (exact) mass is 910 g/mol. The number of aliphatic hydroxyl groups excluding tert-OH is 11. The van der Waals surface area contributed by atoms with E-state index in [1.807, 2.05) is 0 Å². The number of amides is 2. The summed E-state index contributed by atoms with van der Waals surface area (Å²) in [5, 5.41) is 120. The molecule has 29 nitrogen and oxygen atoms in total. The first-order valence-corrected chi connectivity index (χ1v) is 20.0. The van der Waals surface area contributed by atoms with Gasteiger partial charge in [0.1, 0.15) is 91.5 Å². The van der Waals surface area contributed by atoms with Crippen molar-refractivity contribution >= 4 is 32.6 Å². The van der Waals surface area contributed by atoms with E-state index in [-0.39, 0.29) is 0 Å².